The molecular formula is C22H24N8O. The van der Waals surface area contributed by atoms with Crippen molar-refractivity contribution in [1.29, 1.82) is 0 Å². The summed E-state index contributed by atoms with van der Waals surface area (Å²) in [5, 5.41) is 19.9. The third-order valence-electron chi connectivity index (χ3n) is 5.91. The topological polar surface area (TPSA) is 115 Å². The number of hydrogen-bond acceptors (Lipinski definition) is 6. The minimum absolute atomic E-state index is 0.214. The third-order valence-corrected chi connectivity index (χ3v) is 5.91. The fourth-order valence-corrected chi connectivity index (χ4v) is 4.15. The molecule has 4 aromatic rings. The Balaban J connectivity index is 1.55. The highest BCUT2D eigenvalue weighted by Crippen LogP contribution is 2.30. The molecule has 3 aromatic heterocycles. The SMILES string of the molecule is CC[C@H]1CNC[C@H]1Nc1c(C(N)=O)cnn2cc(-c3cn(-c4ccccc4)nn3)cc12. The Labute approximate surface area is 179 Å². The Bertz CT molecular complexity index is 1230. The van der Waals surface area contributed by atoms with Crippen molar-refractivity contribution in [2.75, 3.05) is 18.4 Å². The standard InChI is InChI=1S/C22H24N8O/c1-2-14-9-24-11-18(14)26-21-17(22(23)31)10-25-30-12-15(8-20(21)30)19-13-29(28-27-19)16-6-4-3-5-7-16/h3-8,10,12-14,18,24,26H,2,9,11H2,1H3,(H2,23,31)/t14-,18+/m0/s1. The average Bonchev–Trinajstić information content (AvgIpc) is 3.53. The first-order chi connectivity index (χ1) is 15.1. The summed E-state index contributed by atoms with van der Waals surface area (Å²) in [5.74, 6) is -0.0246. The smallest absolute Gasteiger partial charge is 0.252 e. The van der Waals surface area contributed by atoms with E-state index in [-0.39, 0.29) is 6.04 Å². The molecule has 0 bridgehead atoms. The first-order valence-electron chi connectivity index (χ1n) is 10.4. The van der Waals surface area contributed by atoms with Gasteiger partial charge in [-0.3, -0.25) is 4.79 Å². The molecule has 1 fully saturated rings. The quantitative estimate of drug-likeness (QED) is 0.443. The van der Waals surface area contributed by atoms with E-state index in [9.17, 15) is 4.79 Å². The predicted molar refractivity (Wildman–Crippen MR) is 118 cm³/mol. The zero-order valence-corrected chi connectivity index (χ0v) is 17.2. The van der Waals surface area contributed by atoms with E-state index in [1.165, 1.54) is 6.20 Å². The van der Waals surface area contributed by atoms with Crippen molar-refractivity contribution in [1.82, 2.24) is 29.9 Å². The van der Waals surface area contributed by atoms with Crippen LogP contribution in [-0.2, 0) is 0 Å². The van der Waals surface area contributed by atoms with Crippen molar-refractivity contribution >= 4 is 17.1 Å². The van der Waals surface area contributed by atoms with Crippen LogP contribution in [-0.4, -0.2) is 49.6 Å². The van der Waals surface area contributed by atoms with E-state index in [1.807, 2.05) is 48.8 Å². The van der Waals surface area contributed by atoms with Crippen LogP contribution < -0.4 is 16.4 Å². The lowest BCUT2D eigenvalue weighted by molar-refractivity contribution is 0.100. The van der Waals surface area contributed by atoms with Gasteiger partial charge in [0.2, 0.25) is 0 Å². The molecule has 2 atom stereocenters. The van der Waals surface area contributed by atoms with E-state index in [0.29, 0.717) is 17.2 Å². The molecule has 1 saturated heterocycles. The van der Waals surface area contributed by atoms with Crippen LogP contribution in [0.1, 0.15) is 23.7 Å². The summed E-state index contributed by atoms with van der Waals surface area (Å²) in [5.41, 5.74) is 10.0. The largest absolute Gasteiger partial charge is 0.378 e. The second-order valence-corrected chi connectivity index (χ2v) is 7.82. The Hall–Kier alpha value is -3.72. The molecule has 0 saturated carbocycles. The van der Waals surface area contributed by atoms with E-state index < -0.39 is 5.91 Å². The number of nitrogens with zero attached hydrogens (tertiary/aromatic N) is 5. The van der Waals surface area contributed by atoms with Crippen LogP contribution in [0.5, 0.6) is 0 Å². The van der Waals surface area contributed by atoms with Gasteiger partial charge in [-0.25, -0.2) is 9.20 Å². The summed E-state index contributed by atoms with van der Waals surface area (Å²) in [6.07, 6.45) is 6.33. The Kier molecular flexibility index (Phi) is 4.87. The number of rotatable bonds is 6. The van der Waals surface area contributed by atoms with E-state index in [2.05, 4.69) is 33.0 Å². The molecule has 0 aliphatic carbocycles. The number of hydrogen-bond donors (Lipinski definition) is 3. The lowest BCUT2D eigenvalue weighted by Crippen LogP contribution is -2.30. The highest BCUT2D eigenvalue weighted by Gasteiger charge is 2.27. The van der Waals surface area contributed by atoms with Crippen molar-refractivity contribution in [2.45, 2.75) is 19.4 Å². The van der Waals surface area contributed by atoms with Crippen molar-refractivity contribution in [2.24, 2.45) is 11.7 Å². The number of benzene rings is 1. The highest BCUT2D eigenvalue weighted by molar-refractivity contribution is 6.02. The van der Waals surface area contributed by atoms with Gasteiger partial charge in [-0.15, -0.1) is 5.10 Å². The van der Waals surface area contributed by atoms with Gasteiger partial charge in [-0.2, -0.15) is 5.10 Å². The monoisotopic (exact) mass is 416 g/mol. The van der Waals surface area contributed by atoms with Gasteiger partial charge in [0, 0.05) is 30.9 Å². The van der Waals surface area contributed by atoms with E-state index >= 15 is 0 Å². The second kappa shape index (κ2) is 7.84. The lowest BCUT2D eigenvalue weighted by atomic mass is 10.00. The number of amides is 1. The van der Waals surface area contributed by atoms with Crippen molar-refractivity contribution < 1.29 is 4.79 Å². The molecule has 9 nitrogen and oxygen atoms in total. The molecule has 0 radical (unpaired) electrons. The summed E-state index contributed by atoms with van der Waals surface area (Å²) in [7, 11) is 0. The summed E-state index contributed by atoms with van der Waals surface area (Å²) in [4.78, 5) is 12.1. The number of nitrogens with two attached hydrogens (primary N) is 1. The number of fused-ring (bicyclic) bond motifs is 1. The second-order valence-electron chi connectivity index (χ2n) is 7.82. The lowest BCUT2D eigenvalue weighted by Gasteiger charge is -2.21. The van der Waals surface area contributed by atoms with Crippen LogP contribution in [0.2, 0.25) is 0 Å². The van der Waals surface area contributed by atoms with Gasteiger partial charge in [-0.05, 0) is 24.1 Å². The first kappa shape index (κ1) is 19.3. The molecule has 4 heterocycles. The normalized spacial score (nSPS) is 18.5. The fourth-order valence-electron chi connectivity index (χ4n) is 4.15. The number of aromatic nitrogens is 5. The summed E-state index contributed by atoms with van der Waals surface area (Å²) < 4.78 is 3.48. The van der Waals surface area contributed by atoms with Crippen LogP contribution in [0.25, 0.3) is 22.5 Å². The van der Waals surface area contributed by atoms with Gasteiger partial charge in [-0.1, -0.05) is 36.8 Å². The van der Waals surface area contributed by atoms with Gasteiger partial charge >= 0.3 is 0 Å². The van der Waals surface area contributed by atoms with Crippen molar-refractivity contribution in [3.63, 3.8) is 0 Å². The summed E-state index contributed by atoms with van der Waals surface area (Å²) in [6.45, 7) is 3.97. The Morgan fingerprint density at radius 3 is 2.87 bits per heavy atom. The summed E-state index contributed by atoms with van der Waals surface area (Å²) in [6, 6.07) is 12.0. The molecular weight excluding hydrogens is 392 g/mol. The van der Waals surface area contributed by atoms with Crippen molar-refractivity contribution in [3.05, 3.63) is 60.6 Å². The van der Waals surface area contributed by atoms with Crippen LogP contribution in [0.15, 0.2) is 55.0 Å². The van der Waals surface area contributed by atoms with Gasteiger partial charge < -0.3 is 16.4 Å². The molecule has 1 amide bonds. The molecule has 31 heavy (non-hydrogen) atoms. The molecule has 4 N–H and O–H groups in total. The number of nitrogens with one attached hydrogen (secondary N) is 2. The number of anilines is 1. The molecule has 1 aliphatic rings. The molecule has 0 unspecified atom stereocenters. The van der Waals surface area contributed by atoms with E-state index in [4.69, 9.17) is 5.73 Å². The molecule has 0 spiro atoms. The van der Waals surface area contributed by atoms with Crippen LogP contribution in [0, 0.1) is 5.92 Å². The first-order valence-corrected chi connectivity index (χ1v) is 10.4. The summed E-state index contributed by atoms with van der Waals surface area (Å²) >= 11 is 0. The number of primary amides is 1. The molecule has 9 heteroatoms. The molecule has 158 valence electrons. The predicted octanol–water partition coefficient (Wildman–Crippen LogP) is 2.09. The van der Waals surface area contributed by atoms with Gasteiger partial charge in [0.1, 0.15) is 5.69 Å². The Morgan fingerprint density at radius 2 is 2.10 bits per heavy atom. The van der Waals surface area contributed by atoms with Crippen LogP contribution in [0.4, 0.5) is 5.69 Å². The third kappa shape index (κ3) is 3.53. The van der Waals surface area contributed by atoms with Gasteiger partial charge in [0.15, 0.2) is 0 Å². The van der Waals surface area contributed by atoms with Crippen LogP contribution in [0.3, 0.4) is 0 Å². The zero-order chi connectivity index (χ0) is 21.4. The average molecular weight is 416 g/mol. The molecule has 5 rings (SSSR count). The minimum Gasteiger partial charge on any atom is -0.378 e. The fraction of sp³-hybridized carbons (Fsp3) is 0.273. The minimum atomic E-state index is -0.505. The van der Waals surface area contributed by atoms with E-state index in [1.54, 1.807) is 9.20 Å². The Morgan fingerprint density at radius 1 is 1.26 bits per heavy atom. The molecule has 1 aliphatic heterocycles. The number of carbonyl (C=O) groups is 1. The maximum absolute atomic E-state index is 12.1. The van der Waals surface area contributed by atoms with Crippen LogP contribution >= 0.6 is 0 Å². The maximum Gasteiger partial charge on any atom is 0.252 e. The van der Waals surface area contributed by atoms with Gasteiger partial charge in [0.25, 0.3) is 5.91 Å². The zero-order valence-electron chi connectivity index (χ0n) is 17.2. The number of para-hydroxylation sites is 1. The van der Waals surface area contributed by atoms with E-state index in [0.717, 1.165) is 42.0 Å². The maximum atomic E-state index is 12.1. The number of carbonyl (C=O) groups excluding carboxylic acids is 1. The molecule has 1 aromatic carbocycles. The van der Waals surface area contributed by atoms with Crippen molar-refractivity contribution in [3.8, 4) is 16.9 Å². The van der Waals surface area contributed by atoms with Gasteiger partial charge in [0.05, 0.1) is 34.8 Å². The highest BCUT2D eigenvalue weighted by atomic mass is 16.1.